The van der Waals surface area contributed by atoms with Gasteiger partial charge in [0, 0.05) is 18.1 Å². The van der Waals surface area contributed by atoms with E-state index in [1.54, 1.807) is 30.1 Å². The molecule has 0 aliphatic carbocycles. The van der Waals surface area contributed by atoms with Gasteiger partial charge in [0.1, 0.15) is 11.6 Å². The second-order valence-corrected chi connectivity index (χ2v) is 5.00. The lowest BCUT2D eigenvalue weighted by molar-refractivity contribution is 0.618. The van der Waals surface area contributed by atoms with Crippen molar-refractivity contribution in [2.24, 2.45) is 0 Å². The third-order valence-corrected chi connectivity index (χ3v) is 3.06. The molecule has 0 spiro atoms. The molecular weight excluding hydrogens is 300 g/mol. The quantitative estimate of drug-likeness (QED) is 0.814. The van der Waals surface area contributed by atoms with Gasteiger partial charge in [-0.3, -0.25) is 0 Å². The van der Waals surface area contributed by atoms with Crippen LogP contribution in [-0.2, 0) is 6.54 Å². The Morgan fingerprint density at radius 1 is 1.11 bits per heavy atom. The van der Waals surface area contributed by atoms with Crippen molar-refractivity contribution in [2.75, 3.05) is 11.9 Å². The maximum Gasteiger partial charge on any atom is 0.146 e. The molecule has 0 saturated carbocycles. The summed E-state index contributed by atoms with van der Waals surface area (Å²) < 4.78 is 27.5. The average molecular weight is 312 g/mol. The van der Waals surface area contributed by atoms with Crippen LogP contribution in [0.1, 0.15) is 5.56 Å². The van der Waals surface area contributed by atoms with E-state index in [-0.39, 0.29) is 11.6 Å². The molecule has 0 bridgehead atoms. The van der Waals surface area contributed by atoms with Crippen LogP contribution in [0.3, 0.4) is 0 Å². The van der Waals surface area contributed by atoms with E-state index < -0.39 is 0 Å². The van der Waals surface area contributed by atoms with E-state index in [2.05, 4.69) is 15.9 Å². The van der Waals surface area contributed by atoms with Crippen LogP contribution in [0.4, 0.5) is 14.5 Å². The van der Waals surface area contributed by atoms with Gasteiger partial charge in [-0.05, 0) is 35.9 Å². The van der Waals surface area contributed by atoms with E-state index in [9.17, 15) is 8.78 Å². The highest BCUT2D eigenvalue weighted by molar-refractivity contribution is 9.10. The number of benzene rings is 2. The summed E-state index contributed by atoms with van der Waals surface area (Å²) in [6.07, 6.45) is 0. The second-order valence-electron chi connectivity index (χ2n) is 4.09. The Bertz CT molecular complexity index is 537. The molecule has 0 aromatic heterocycles. The fraction of sp³-hybridized carbons (Fsp3) is 0.143. The predicted octanol–water partition coefficient (Wildman–Crippen LogP) is 4.36. The first-order valence-electron chi connectivity index (χ1n) is 5.47. The van der Waals surface area contributed by atoms with Gasteiger partial charge in [0.2, 0.25) is 0 Å². The van der Waals surface area contributed by atoms with Gasteiger partial charge >= 0.3 is 0 Å². The van der Waals surface area contributed by atoms with Gasteiger partial charge in [-0.1, -0.05) is 28.1 Å². The standard InChI is InChI=1S/C14H12BrF2N/c1-18(14-5-3-2-4-13(14)17)9-10-6-11(15)8-12(16)7-10/h2-8H,9H2,1H3. The molecule has 0 aliphatic heterocycles. The van der Waals surface area contributed by atoms with E-state index in [0.29, 0.717) is 16.7 Å². The van der Waals surface area contributed by atoms with Crippen molar-refractivity contribution in [3.63, 3.8) is 0 Å². The molecule has 2 rings (SSSR count). The normalized spacial score (nSPS) is 10.4. The number of nitrogens with zero attached hydrogens (tertiary/aromatic N) is 1. The lowest BCUT2D eigenvalue weighted by Crippen LogP contribution is -2.17. The van der Waals surface area contributed by atoms with Crippen LogP contribution >= 0.6 is 15.9 Å². The largest absolute Gasteiger partial charge is 0.368 e. The molecule has 94 valence electrons. The van der Waals surface area contributed by atoms with Crippen molar-refractivity contribution in [1.29, 1.82) is 0 Å². The zero-order chi connectivity index (χ0) is 13.1. The summed E-state index contributed by atoms with van der Waals surface area (Å²) in [7, 11) is 1.78. The van der Waals surface area contributed by atoms with Crippen molar-refractivity contribution < 1.29 is 8.78 Å². The number of para-hydroxylation sites is 1. The monoisotopic (exact) mass is 311 g/mol. The van der Waals surface area contributed by atoms with Gasteiger partial charge in [-0.2, -0.15) is 0 Å². The molecule has 0 heterocycles. The molecule has 4 heteroatoms. The minimum atomic E-state index is -0.304. The third kappa shape index (κ3) is 3.07. The molecule has 18 heavy (non-hydrogen) atoms. The number of halogens is 3. The van der Waals surface area contributed by atoms with Crippen LogP contribution in [0.15, 0.2) is 46.9 Å². The molecule has 0 atom stereocenters. The topological polar surface area (TPSA) is 3.24 Å². The summed E-state index contributed by atoms with van der Waals surface area (Å²) in [4.78, 5) is 1.75. The number of rotatable bonds is 3. The Balaban J connectivity index is 2.21. The lowest BCUT2D eigenvalue weighted by atomic mass is 10.2. The van der Waals surface area contributed by atoms with Crippen molar-refractivity contribution in [2.45, 2.75) is 6.54 Å². The number of hydrogen-bond acceptors (Lipinski definition) is 1. The van der Waals surface area contributed by atoms with Gasteiger partial charge in [0.15, 0.2) is 0 Å². The Hall–Kier alpha value is -1.42. The van der Waals surface area contributed by atoms with Gasteiger partial charge in [0.25, 0.3) is 0 Å². The van der Waals surface area contributed by atoms with Crippen molar-refractivity contribution in [1.82, 2.24) is 0 Å². The highest BCUT2D eigenvalue weighted by Gasteiger charge is 2.08. The first kappa shape index (κ1) is 13.0. The molecule has 0 amide bonds. The second kappa shape index (κ2) is 5.48. The molecule has 1 nitrogen and oxygen atoms in total. The maximum absolute atomic E-state index is 13.6. The van der Waals surface area contributed by atoms with Crippen LogP contribution in [0.25, 0.3) is 0 Å². The summed E-state index contributed by atoms with van der Waals surface area (Å²) in [6, 6.07) is 11.2. The van der Waals surface area contributed by atoms with E-state index in [0.717, 1.165) is 5.56 Å². The fourth-order valence-electron chi connectivity index (χ4n) is 1.82. The smallest absolute Gasteiger partial charge is 0.146 e. The van der Waals surface area contributed by atoms with E-state index in [4.69, 9.17) is 0 Å². The molecule has 2 aromatic carbocycles. The average Bonchev–Trinajstić information content (AvgIpc) is 2.27. The molecule has 0 radical (unpaired) electrons. The van der Waals surface area contributed by atoms with Crippen molar-refractivity contribution >= 4 is 21.6 Å². The number of hydrogen-bond donors (Lipinski definition) is 0. The van der Waals surface area contributed by atoms with Crippen molar-refractivity contribution in [3.05, 3.63) is 64.1 Å². The summed E-state index contributed by atoms with van der Waals surface area (Å²) >= 11 is 3.24. The van der Waals surface area contributed by atoms with Gasteiger partial charge in [0.05, 0.1) is 5.69 Å². The lowest BCUT2D eigenvalue weighted by Gasteiger charge is -2.20. The fourth-order valence-corrected chi connectivity index (χ4v) is 2.34. The first-order chi connectivity index (χ1) is 8.56. The molecular formula is C14H12BrF2N. The highest BCUT2D eigenvalue weighted by Crippen LogP contribution is 2.21. The van der Waals surface area contributed by atoms with Gasteiger partial charge in [-0.15, -0.1) is 0 Å². The van der Waals surface area contributed by atoms with Crippen LogP contribution in [0.2, 0.25) is 0 Å². The van der Waals surface area contributed by atoms with Crippen LogP contribution < -0.4 is 4.90 Å². The SMILES string of the molecule is CN(Cc1cc(F)cc(Br)c1)c1ccccc1F. The van der Waals surface area contributed by atoms with E-state index in [1.807, 2.05) is 6.07 Å². The summed E-state index contributed by atoms with van der Waals surface area (Å²) in [5.74, 6) is -0.586. The Morgan fingerprint density at radius 3 is 2.50 bits per heavy atom. The van der Waals surface area contributed by atoms with Gasteiger partial charge < -0.3 is 4.90 Å². The Morgan fingerprint density at radius 2 is 1.83 bits per heavy atom. The third-order valence-electron chi connectivity index (χ3n) is 2.61. The van der Waals surface area contributed by atoms with Crippen LogP contribution in [0, 0.1) is 11.6 Å². The molecule has 0 saturated heterocycles. The zero-order valence-corrected chi connectivity index (χ0v) is 11.4. The number of anilines is 1. The molecule has 0 fully saturated rings. The zero-order valence-electron chi connectivity index (χ0n) is 9.83. The van der Waals surface area contributed by atoms with E-state index in [1.165, 1.54) is 18.2 Å². The molecule has 0 N–H and O–H groups in total. The summed E-state index contributed by atoms with van der Waals surface area (Å²) in [6.45, 7) is 0.442. The summed E-state index contributed by atoms with van der Waals surface area (Å²) in [5.41, 5.74) is 1.28. The van der Waals surface area contributed by atoms with Crippen molar-refractivity contribution in [3.8, 4) is 0 Å². The Labute approximate surface area is 113 Å². The Kier molecular flexibility index (Phi) is 3.97. The minimum absolute atomic E-state index is 0.282. The molecule has 0 unspecified atom stereocenters. The predicted molar refractivity (Wildman–Crippen MR) is 72.6 cm³/mol. The molecule has 2 aromatic rings. The maximum atomic E-state index is 13.6. The van der Waals surface area contributed by atoms with Crippen LogP contribution in [-0.4, -0.2) is 7.05 Å². The van der Waals surface area contributed by atoms with E-state index >= 15 is 0 Å². The van der Waals surface area contributed by atoms with Crippen LogP contribution in [0.5, 0.6) is 0 Å². The highest BCUT2D eigenvalue weighted by atomic mass is 79.9. The van der Waals surface area contributed by atoms with Gasteiger partial charge in [-0.25, -0.2) is 8.78 Å². The first-order valence-corrected chi connectivity index (χ1v) is 6.26. The summed E-state index contributed by atoms with van der Waals surface area (Å²) in [5, 5.41) is 0. The molecule has 0 aliphatic rings. The minimum Gasteiger partial charge on any atom is -0.368 e.